The second-order valence-corrected chi connectivity index (χ2v) is 5.75. The van der Waals surface area contributed by atoms with Crippen LogP contribution in [0, 0.1) is 5.82 Å². The van der Waals surface area contributed by atoms with Crippen molar-refractivity contribution in [3.63, 3.8) is 0 Å². The van der Waals surface area contributed by atoms with Gasteiger partial charge in [0.1, 0.15) is 5.82 Å². The number of para-hydroxylation sites is 1. The Labute approximate surface area is 149 Å². The lowest BCUT2D eigenvalue weighted by Crippen LogP contribution is -2.27. The maximum absolute atomic E-state index is 13.2. The molecule has 0 aliphatic rings. The Morgan fingerprint density at radius 1 is 1.19 bits per heavy atom. The van der Waals surface area contributed by atoms with Crippen molar-refractivity contribution < 1.29 is 14.0 Å². The summed E-state index contributed by atoms with van der Waals surface area (Å²) >= 11 is 0. The van der Waals surface area contributed by atoms with Crippen LogP contribution in [0.1, 0.15) is 15.9 Å². The maximum Gasteiger partial charge on any atom is 0.253 e. The van der Waals surface area contributed by atoms with Crippen LogP contribution in [0.5, 0.6) is 0 Å². The first-order chi connectivity index (χ1) is 12.6. The van der Waals surface area contributed by atoms with Crippen LogP contribution < -0.4 is 10.6 Å². The minimum Gasteiger partial charge on any atom is -0.361 e. The van der Waals surface area contributed by atoms with Crippen LogP contribution in [0.2, 0.25) is 0 Å². The van der Waals surface area contributed by atoms with Gasteiger partial charge < -0.3 is 15.6 Å². The molecule has 3 aromatic rings. The second-order valence-electron chi connectivity index (χ2n) is 5.75. The average Bonchev–Trinajstić information content (AvgIpc) is 3.04. The van der Waals surface area contributed by atoms with E-state index in [1.807, 2.05) is 6.20 Å². The SMILES string of the molecule is C=CC(=O)Nc1ccccc1C(=O)NCCc1c[nH]c2cc(F)ccc12. The molecule has 3 rings (SSSR count). The van der Waals surface area contributed by atoms with E-state index in [4.69, 9.17) is 0 Å². The van der Waals surface area contributed by atoms with Crippen LogP contribution in [0.25, 0.3) is 10.9 Å². The minimum absolute atomic E-state index is 0.282. The van der Waals surface area contributed by atoms with Gasteiger partial charge in [-0.3, -0.25) is 9.59 Å². The summed E-state index contributed by atoms with van der Waals surface area (Å²) in [6, 6.07) is 11.3. The van der Waals surface area contributed by atoms with Crippen molar-refractivity contribution in [2.75, 3.05) is 11.9 Å². The van der Waals surface area contributed by atoms with Gasteiger partial charge in [0.05, 0.1) is 11.3 Å². The highest BCUT2D eigenvalue weighted by Gasteiger charge is 2.12. The molecule has 3 N–H and O–H groups in total. The van der Waals surface area contributed by atoms with Gasteiger partial charge in [-0.15, -0.1) is 0 Å². The van der Waals surface area contributed by atoms with Crippen molar-refractivity contribution >= 4 is 28.4 Å². The third-order valence-corrected chi connectivity index (χ3v) is 4.02. The zero-order chi connectivity index (χ0) is 18.5. The smallest absolute Gasteiger partial charge is 0.253 e. The summed E-state index contributed by atoms with van der Waals surface area (Å²) in [4.78, 5) is 26.9. The Bertz CT molecular complexity index is 978. The number of fused-ring (bicyclic) bond motifs is 1. The van der Waals surface area contributed by atoms with Crippen LogP contribution in [0.15, 0.2) is 61.3 Å². The first-order valence-electron chi connectivity index (χ1n) is 8.14. The van der Waals surface area contributed by atoms with Crippen LogP contribution in [-0.2, 0) is 11.2 Å². The largest absolute Gasteiger partial charge is 0.361 e. The maximum atomic E-state index is 13.2. The third-order valence-electron chi connectivity index (χ3n) is 4.02. The van der Waals surface area contributed by atoms with E-state index >= 15 is 0 Å². The van der Waals surface area contributed by atoms with E-state index in [2.05, 4.69) is 22.2 Å². The van der Waals surface area contributed by atoms with E-state index in [1.165, 1.54) is 12.1 Å². The summed E-state index contributed by atoms with van der Waals surface area (Å²) in [5, 5.41) is 6.39. The molecule has 0 fully saturated rings. The normalized spacial score (nSPS) is 10.5. The lowest BCUT2D eigenvalue weighted by atomic mass is 10.1. The number of nitrogens with one attached hydrogen (secondary N) is 3. The summed E-state index contributed by atoms with van der Waals surface area (Å²) in [7, 11) is 0. The topological polar surface area (TPSA) is 74.0 Å². The first kappa shape index (κ1) is 17.4. The zero-order valence-electron chi connectivity index (χ0n) is 14.0. The molecule has 0 radical (unpaired) electrons. The molecule has 1 heterocycles. The molecule has 6 heteroatoms. The monoisotopic (exact) mass is 351 g/mol. The van der Waals surface area contributed by atoms with Crippen LogP contribution >= 0.6 is 0 Å². The van der Waals surface area contributed by atoms with Crippen molar-refractivity contribution in [3.05, 3.63) is 78.3 Å². The summed E-state index contributed by atoms with van der Waals surface area (Å²) < 4.78 is 13.2. The number of anilines is 1. The Hall–Kier alpha value is -3.41. The molecule has 0 aliphatic heterocycles. The zero-order valence-corrected chi connectivity index (χ0v) is 14.0. The fourth-order valence-corrected chi connectivity index (χ4v) is 2.75. The van der Waals surface area contributed by atoms with Gasteiger partial charge in [-0.2, -0.15) is 0 Å². The molecule has 0 aliphatic carbocycles. The number of benzene rings is 2. The third kappa shape index (κ3) is 3.80. The summed E-state index contributed by atoms with van der Waals surface area (Å²) in [5.41, 5.74) is 2.53. The van der Waals surface area contributed by atoms with Gasteiger partial charge in [-0.05, 0) is 48.4 Å². The molecule has 0 atom stereocenters. The van der Waals surface area contributed by atoms with Gasteiger partial charge in [0.2, 0.25) is 5.91 Å². The van der Waals surface area contributed by atoms with Gasteiger partial charge in [0, 0.05) is 23.6 Å². The Morgan fingerprint density at radius 2 is 2.00 bits per heavy atom. The molecule has 1 aromatic heterocycles. The molecule has 0 saturated heterocycles. The van der Waals surface area contributed by atoms with E-state index in [1.54, 1.807) is 30.3 Å². The quantitative estimate of drug-likeness (QED) is 0.596. The summed E-state index contributed by atoms with van der Waals surface area (Å²) in [5.74, 6) is -0.954. The number of aromatic amines is 1. The van der Waals surface area contributed by atoms with Crippen molar-refractivity contribution in [2.45, 2.75) is 6.42 Å². The Kier molecular flexibility index (Phi) is 5.12. The van der Waals surface area contributed by atoms with E-state index < -0.39 is 0 Å². The van der Waals surface area contributed by atoms with Gasteiger partial charge in [0.25, 0.3) is 5.91 Å². The van der Waals surface area contributed by atoms with E-state index in [-0.39, 0.29) is 17.6 Å². The number of halogens is 1. The lowest BCUT2D eigenvalue weighted by molar-refractivity contribution is -0.111. The molecule has 0 bridgehead atoms. The number of amides is 2. The van der Waals surface area contributed by atoms with E-state index in [0.717, 1.165) is 22.5 Å². The lowest BCUT2D eigenvalue weighted by Gasteiger charge is -2.10. The van der Waals surface area contributed by atoms with Crippen molar-refractivity contribution in [1.82, 2.24) is 10.3 Å². The molecule has 2 aromatic carbocycles. The molecule has 0 saturated carbocycles. The summed E-state index contributed by atoms with van der Waals surface area (Å²) in [6.45, 7) is 3.81. The van der Waals surface area contributed by atoms with Gasteiger partial charge in [0.15, 0.2) is 0 Å². The van der Waals surface area contributed by atoms with Crippen LogP contribution in [0.3, 0.4) is 0 Å². The first-order valence-corrected chi connectivity index (χ1v) is 8.14. The molecule has 132 valence electrons. The minimum atomic E-state index is -0.378. The molecule has 5 nitrogen and oxygen atoms in total. The number of hydrogen-bond donors (Lipinski definition) is 3. The number of carbonyl (C=O) groups is 2. The molecule has 2 amide bonds. The molecule has 0 unspecified atom stereocenters. The number of rotatable bonds is 6. The highest BCUT2D eigenvalue weighted by Crippen LogP contribution is 2.19. The molecule has 26 heavy (non-hydrogen) atoms. The highest BCUT2D eigenvalue weighted by atomic mass is 19.1. The standard InChI is InChI=1S/C20H18FN3O2/c1-2-19(25)24-17-6-4-3-5-16(17)20(26)22-10-9-13-12-23-18-11-14(21)7-8-15(13)18/h2-8,11-12,23H,1,9-10H2,(H,22,26)(H,24,25). The molecular formula is C20H18FN3O2. The van der Waals surface area contributed by atoms with Crippen molar-refractivity contribution in [1.29, 1.82) is 0 Å². The molecular weight excluding hydrogens is 333 g/mol. The Morgan fingerprint density at radius 3 is 2.81 bits per heavy atom. The highest BCUT2D eigenvalue weighted by molar-refractivity contribution is 6.06. The van der Waals surface area contributed by atoms with Crippen molar-refractivity contribution in [3.8, 4) is 0 Å². The number of H-pyrrole nitrogens is 1. The fraction of sp³-hybridized carbons (Fsp3) is 0.100. The van der Waals surface area contributed by atoms with Crippen molar-refractivity contribution in [2.24, 2.45) is 0 Å². The van der Waals surface area contributed by atoms with Gasteiger partial charge in [-0.25, -0.2) is 4.39 Å². The number of carbonyl (C=O) groups excluding carboxylic acids is 2. The van der Waals surface area contributed by atoms with Crippen LogP contribution in [0.4, 0.5) is 10.1 Å². The van der Waals surface area contributed by atoms with Crippen LogP contribution in [-0.4, -0.2) is 23.3 Å². The number of hydrogen-bond acceptors (Lipinski definition) is 2. The average molecular weight is 351 g/mol. The number of aromatic nitrogens is 1. The second kappa shape index (κ2) is 7.65. The summed E-state index contributed by atoms with van der Waals surface area (Å²) in [6.07, 6.45) is 3.56. The Balaban J connectivity index is 1.65. The molecule has 0 spiro atoms. The van der Waals surface area contributed by atoms with E-state index in [9.17, 15) is 14.0 Å². The van der Waals surface area contributed by atoms with E-state index in [0.29, 0.717) is 24.2 Å². The van der Waals surface area contributed by atoms with Gasteiger partial charge in [-0.1, -0.05) is 18.7 Å². The van der Waals surface area contributed by atoms with Gasteiger partial charge >= 0.3 is 0 Å². The predicted molar refractivity (Wildman–Crippen MR) is 99.6 cm³/mol. The fourth-order valence-electron chi connectivity index (χ4n) is 2.75. The predicted octanol–water partition coefficient (Wildman–Crippen LogP) is 3.40.